The highest BCUT2D eigenvalue weighted by Gasteiger charge is 2.21. The van der Waals surface area contributed by atoms with Crippen molar-refractivity contribution >= 4 is 15.7 Å². The van der Waals surface area contributed by atoms with E-state index in [0.29, 0.717) is 11.4 Å². The first-order valence-corrected chi connectivity index (χ1v) is 6.45. The number of sulfonamides is 1. The summed E-state index contributed by atoms with van der Waals surface area (Å²) >= 11 is 0. The van der Waals surface area contributed by atoms with Gasteiger partial charge in [0.15, 0.2) is 0 Å². The van der Waals surface area contributed by atoms with E-state index in [4.69, 9.17) is 15.2 Å². The van der Waals surface area contributed by atoms with E-state index in [-0.39, 0.29) is 17.2 Å². The standard InChI is InChI=1S/C10H16N2O4S/c1-4-12-17(13,14)10-6-8(15-2)7(11)5-9(10)16-3/h5-6,12H,4,11H2,1-3H3. The number of methoxy groups -OCH3 is 2. The number of nitrogens with one attached hydrogen (secondary N) is 1. The van der Waals surface area contributed by atoms with E-state index >= 15 is 0 Å². The molecule has 0 saturated carbocycles. The van der Waals surface area contributed by atoms with Gasteiger partial charge in [-0.25, -0.2) is 13.1 Å². The van der Waals surface area contributed by atoms with Crippen LogP contribution in [0.1, 0.15) is 6.92 Å². The van der Waals surface area contributed by atoms with Gasteiger partial charge in [-0.1, -0.05) is 6.92 Å². The van der Waals surface area contributed by atoms with Gasteiger partial charge < -0.3 is 15.2 Å². The molecule has 0 amide bonds. The molecule has 96 valence electrons. The highest BCUT2D eigenvalue weighted by molar-refractivity contribution is 7.89. The lowest BCUT2D eigenvalue weighted by molar-refractivity contribution is 0.393. The summed E-state index contributed by atoms with van der Waals surface area (Å²) in [6, 6.07) is 2.76. The molecule has 17 heavy (non-hydrogen) atoms. The Hall–Kier alpha value is -1.47. The lowest BCUT2D eigenvalue weighted by Gasteiger charge is -2.13. The summed E-state index contributed by atoms with van der Waals surface area (Å²) in [6.45, 7) is 1.98. The van der Waals surface area contributed by atoms with Crippen molar-refractivity contribution in [3.05, 3.63) is 12.1 Å². The Balaban J connectivity index is 3.40. The van der Waals surface area contributed by atoms with Crippen LogP contribution in [0.2, 0.25) is 0 Å². The molecule has 0 aliphatic heterocycles. The van der Waals surface area contributed by atoms with Crippen molar-refractivity contribution < 1.29 is 17.9 Å². The molecule has 0 radical (unpaired) electrons. The van der Waals surface area contributed by atoms with Crippen molar-refractivity contribution in [3.63, 3.8) is 0 Å². The van der Waals surface area contributed by atoms with Crippen LogP contribution in [0.15, 0.2) is 17.0 Å². The summed E-state index contributed by atoms with van der Waals surface area (Å²) in [5, 5.41) is 0. The van der Waals surface area contributed by atoms with Crippen molar-refractivity contribution in [3.8, 4) is 11.5 Å². The summed E-state index contributed by atoms with van der Waals surface area (Å²) in [7, 11) is -0.813. The Morgan fingerprint density at radius 1 is 1.24 bits per heavy atom. The first-order valence-electron chi connectivity index (χ1n) is 4.97. The Morgan fingerprint density at radius 3 is 2.29 bits per heavy atom. The van der Waals surface area contributed by atoms with Crippen LogP contribution in [-0.4, -0.2) is 29.2 Å². The van der Waals surface area contributed by atoms with Crippen molar-refractivity contribution in [2.24, 2.45) is 0 Å². The smallest absolute Gasteiger partial charge is 0.244 e. The molecule has 1 aromatic rings. The number of anilines is 1. The van der Waals surface area contributed by atoms with E-state index in [2.05, 4.69) is 4.72 Å². The second-order valence-corrected chi connectivity index (χ2v) is 4.98. The van der Waals surface area contributed by atoms with Gasteiger partial charge in [-0.2, -0.15) is 0 Å². The molecule has 6 nitrogen and oxygen atoms in total. The molecule has 0 saturated heterocycles. The maximum absolute atomic E-state index is 11.9. The molecule has 0 fully saturated rings. The van der Waals surface area contributed by atoms with E-state index in [0.717, 1.165) is 0 Å². The maximum Gasteiger partial charge on any atom is 0.244 e. The average molecular weight is 260 g/mol. The van der Waals surface area contributed by atoms with Gasteiger partial charge in [-0.05, 0) is 0 Å². The zero-order valence-electron chi connectivity index (χ0n) is 9.98. The van der Waals surface area contributed by atoms with Crippen LogP contribution in [0.5, 0.6) is 11.5 Å². The summed E-state index contributed by atoms with van der Waals surface area (Å²) in [6.07, 6.45) is 0. The van der Waals surface area contributed by atoms with Crippen LogP contribution < -0.4 is 19.9 Å². The van der Waals surface area contributed by atoms with Gasteiger partial charge in [0.2, 0.25) is 10.0 Å². The molecule has 0 aliphatic rings. The van der Waals surface area contributed by atoms with Crippen molar-refractivity contribution in [1.29, 1.82) is 0 Å². The molecule has 1 aromatic carbocycles. The second-order valence-electron chi connectivity index (χ2n) is 3.25. The third-order valence-corrected chi connectivity index (χ3v) is 3.71. The third kappa shape index (κ3) is 2.80. The summed E-state index contributed by atoms with van der Waals surface area (Å²) in [5.41, 5.74) is 5.99. The maximum atomic E-state index is 11.9. The van der Waals surface area contributed by atoms with E-state index < -0.39 is 10.0 Å². The minimum atomic E-state index is -3.61. The first-order chi connectivity index (χ1) is 7.96. The predicted octanol–water partition coefficient (Wildman–Crippen LogP) is 0.584. The van der Waals surface area contributed by atoms with Gasteiger partial charge in [-0.3, -0.25) is 0 Å². The van der Waals surface area contributed by atoms with E-state index in [1.54, 1.807) is 6.92 Å². The Kier molecular flexibility index (Phi) is 4.19. The van der Waals surface area contributed by atoms with Crippen LogP contribution in [0.25, 0.3) is 0 Å². The van der Waals surface area contributed by atoms with Gasteiger partial charge in [0.05, 0.1) is 19.9 Å². The largest absolute Gasteiger partial charge is 0.495 e. The Labute approximate surface area is 101 Å². The van der Waals surface area contributed by atoms with Gasteiger partial charge >= 0.3 is 0 Å². The van der Waals surface area contributed by atoms with E-state index in [1.807, 2.05) is 0 Å². The van der Waals surface area contributed by atoms with Gasteiger partial charge in [0, 0.05) is 18.7 Å². The van der Waals surface area contributed by atoms with Crippen molar-refractivity contribution in [1.82, 2.24) is 4.72 Å². The van der Waals surface area contributed by atoms with Crippen LogP contribution >= 0.6 is 0 Å². The normalized spacial score (nSPS) is 11.2. The van der Waals surface area contributed by atoms with Gasteiger partial charge in [-0.15, -0.1) is 0 Å². The topological polar surface area (TPSA) is 90.7 Å². The highest BCUT2D eigenvalue weighted by Crippen LogP contribution is 2.33. The van der Waals surface area contributed by atoms with Crippen molar-refractivity contribution in [2.75, 3.05) is 26.5 Å². The number of benzene rings is 1. The first kappa shape index (κ1) is 13.6. The Bertz CT molecular complexity index is 499. The number of hydrogen-bond acceptors (Lipinski definition) is 5. The monoisotopic (exact) mass is 260 g/mol. The Morgan fingerprint density at radius 2 is 1.82 bits per heavy atom. The highest BCUT2D eigenvalue weighted by atomic mass is 32.2. The van der Waals surface area contributed by atoms with Crippen LogP contribution in [0.3, 0.4) is 0 Å². The fourth-order valence-electron chi connectivity index (χ4n) is 1.37. The minimum Gasteiger partial charge on any atom is -0.495 e. The summed E-state index contributed by atoms with van der Waals surface area (Å²) in [4.78, 5) is 0.00731. The van der Waals surface area contributed by atoms with Crippen LogP contribution in [0, 0.1) is 0 Å². The van der Waals surface area contributed by atoms with E-state index in [1.165, 1.54) is 26.4 Å². The fourth-order valence-corrected chi connectivity index (χ4v) is 2.58. The van der Waals surface area contributed by atoms with Crippen molar-refractivity contribution in [2.45, 2.75) is 11.8 Å². The molecule has 0 atom stereocenters. The number of ether oxygens (including phenoxy) is 2. The zero-order chi connectivity index (χ0) is 13.1. The molecule has 7 heteroatoms. The molecule has 0 aromatic heterocycles. The molecular weight excluding hydrogens is 244 g/mol. The SMILES string of the molecule is CCNS(=O)(=O)c1cc(OC)c(N)cc1OC. The lowest BCUT2D eigenvalue weighted by Crippen LogP contribution is -2.23. The number of rotatable bonds is 5. The molecule has 0 unspecified atom stereocenters. The second kappa shape index (κ2) is 5.24. The molecule has 1 rings (SSSR count). The quantitative estimate of drug-likeness (QED) is 0.756. The minimum absolute atomic E-state index is 0.00731. The number of nitrogen functional groups attached to an aromatic ring is 1. The van der Waals surface area contributed by atoms with Gasteiger partial charge in [0.25, 0.3) is 0 Å². The number of hydrogen-bond donors (Lipinski definition) is 2. The van der Waals surface area contributed by atoms with E-state index in [9.17, 15) is 8.42 Å². The lowest BCUT2D eigenvalue weighted by atomic mass is 10.3. The molecule has 0 spiro atoms. The molecule has 0 bridgehead atoms. The fraction of sp³-hybridized carbons (Fsp3) is 0.400. The zero-order valence-corrected chi connectivity index (χ0v) is 10.8. The molecular formula is C10H16N2O4S. The van der Waals surface area contributed by atoms with Crippen LogP contribution in [-0.2, 0) is 10.0 Å². The number of nitrogens with two attached hydrogens (primary N) is 1. The summed E-state index contributed by atoms with van der Waals surface area (Å²) in [5.74, 6) is 0.478. The van der Waals surface area contributed by atoms with Gasteiger partial charge in [0.1, 0.15) is 16.4 Å². The predicted molar refractivity (Wildman–Crippen MR) is 64.8 cm³/mol. The summed E-state index contributed by atoms with van der Waals surface area (Å²) < 4.78 is 36.2. The average Bonchev–Trinajstić information content (AvgIpc) is 2.28. The van der Waals surface area contributed by atoms with Crippen LogP contribution in [0.4, 0.5) is 5.69 Å². The third-order valence-electron chi connectivity index (χ3n) is 2.14. The molecule has 0 heterocycles. The molecule has 0 aliphatic carbocycles. The molecule has 3 N–H and O–H groups in total.